The van der Waals surface area contributed by atoms with Gasteiger partial charge in [-0.15, -0.1) is 0 Å². The van der Waals surface area contributed by atoms with E-state index >= 15 is 0 Å². The quantitative estimate of drug-likeness (QED) is 0.715. The highest BCUT2D eigenvalue weighted by Gasteiger charge is 2.34. The lowest BCUT2D eigenvalue weighted by molar-refractivity contribution is 0.397. The van der Waals surface area contributed by atoms with Crippen LogP contribution in [0.15, 0.2) is 65.0 Å². The van der Waals surface area contributed by atoms with Gasteiger partial charge in [0.1, 0.15) is 17.4 Å². The molecule has 1 aromatic carbocycles. The number of benzene rings is 1. The van der Waals surface area contributed by atoms with Crippen LogP contribution in [0.3, 0.4) is 0 Å². The second-order valence-corrected chi connectivity index (χ2v) is 5.45. The van der Waals surface area contributed by atoms with Crippen LogP contribution in [0, 0.1) is 11.3 Å². The lowest BCUT2D eigenvalue weighted by Gasteiger charge is -2.26. The Hall–Kier alpha value is -3.59. The standard InChI is InChI=1S/C18H12N4O2/c19-9-12-14(10-5-7-21-8-6-10)15-16(24-17(12)20)11-3-1-2-4-13(11)22-18(15)23/h1-8,14H,20H2,(H,22,23)/t14-/m1/s1. The minimum absolute atomic E-state index is 0.0163. The number of nitriles is 1. The van der Waals surface area contributed by atoms with Crippen LogP contribution in [0.5, 0.6) is 5.75 Å². The Morgan fingerprint density at radius 3 is 2.71 bits per heavy atom. The van der Waals surface area contributed by atoms with E-state index < -0.39 is 5.92 Å². The molecule has 24 heavy (non-hydrogen) atoms. The van der Waals surface area contributed by atoms with Crippen LogP contribution >= 0.6 is 0 Å². The number of fused-ring (bicyclic) bond motifs is 3. The van der Waals surface area contributed by atoms with E-state index in [1.165, 1.54) is 0 Å². The summed E-state index contributed by atoms with van der Waals surface area (Å²) in [5, 5.41) is 10.3. The molecule has 1 aliphatic rings. The maximum atomic E-state index is 12.7. The van der Waals surface area contributed by atoms with Crippen LogP contribution in [0.4, 0.5) is 0 Å². The number of hydrogen-bond acceptors (Lipinski definition) is 5. The van der Waals surface area contributed by atoms with Gasteiger partial charge in [0.25, 0.3) is 5.56 Å². The topological polar surface area (TPSA) is 105 Å². The molecule has 1 aliphatic heterocycles. The normalized spacial score (nSPS) is 16.4. The fourth-order valence-electron chi connectivity index (χ4n) is 3.06. The predicted molar refractivity (Wildman–Crippen MR) is 88.1 cm³/mol. The Morgan fingerprint density at radius 1 is 1.21 bits per heavy atom. The number of nitrogens with two attached hydrogens (primary N) is 1. The number of allylic oxidation sites excluding steroid dienone is 1. The van der Waals surface area contributed by atoms with Crippen molar-refractivity contribution in [1.82, 2.24) is 9.97 Å². The molecule has 6 nitrogen and oxygen atoms in total. The summed E-state index contributed by atoms with van der Waals surface area (Å²) in [6.45, 7) is 0. The highest BCUT2D eigenvalue weighted by molar-refractivity contribution is 5.87. The molecule has 6 heteroatoms. The zero-order chi connectivity index (χ0) is 16.7. The number of aromatic amines is 1. The largest absolute Gasteiger partial charge is 0.439 e. The Labute approximate surface area is 136 Å². The summed E-state index contributed by atoms with van der Waals surface area (Å²) in [4.78, 5) is 19.5. The van der Waals surface area contributed by atoms with Gasteiger partial charge in [0.2, 0.25) is 5.88 Å². The zero-order valence-corrected chi connectivity index (χ0v) is 12.5. The molecule has 3 aromatic rings. The predicted octanol–water partition coefficient (Wildman–Crippen LogP) is 2.14. The average molecular weight is 316 g/mol. The molecule has 116 valence electrons. The van der Waals surface area contributed by atoms with Gasteiger partial charge in [0.05, 0.1) is 17.0 Å². The monoisotopic (exact) mass is 316 g/mol. The van der Waals surface area contributed by atoms with E-state index in [-0.39, 0.29) is 17.0 Å². The first-order valence-electron chi connectivity index (χ1n) is 7.33. The van der Waals surface area contributed by atoms with Gasteiger partial charge in [-0.25, -0.2) is 0 Å². The zero-order valence-electron chi connectivity index (χ0n) is 12.5. The molecule has 0 amide bonds. The SMILES string of the molecule is N#CC1=C(N)Oc2c(c(=O)[nH]c3ccccc23)[C@@H]1c1ccncc1. The summed E-state index contributed by atoms with van der Waals surface area (Å²) in [5.74, 6) is -0.176. The van der Waals surface area contributed by atoms with Crippen LogP contribution < -0.4 is 16.0 Å². The van der Waals surface area contributed by atoms with Crippen molar-refractivity contribution >= 4 is 10.9 Å². The van der Waals surface area contributed by atoms with Crippen LogP contribution in [0.1, 0.15) is 17.0 Å². The van der Waals surface area contributed by atoms with Crippen molar-refractivity contribution in [1.29, 1.82) is 5.26 Å². The molecular formula is C18H12N4O2. The van der Waals surface area contributed by atoms with E-state index in [1.54, 1.807) is 30.6 Å². The number of rotatable bonds is 1. The van der Waals surface area contributed by atoms with Gasteiger partial charge < -0.3 is 15.5 Å². The Bertz CT molecular complexity index is 1080. The van der Waals surface area contributed by atoms with Crippen LogP contribution in [-0.2, 0) is 0 Å². The van der Waals surface area contributed by atoms with Gasteiger partial charge in [0.15, 0.2) is 0 Å². The Morgan fingerprint density at radius 2 is 1.96 bits per heavy atom. The number of H-pyrrole nitrogens is 1. The van der Waals surface area contributed by atoms with Gasteiger partial charge in [-0.05, 0) is 29.8 Å². The number of nitrogens with one attached hydrogen (secondary N) is 1. The van der Waals surface area contributed by atoms with Crippen LogP contribution in [0.2, 0.25) is 0 Å². The molecule has 3 heterocycles. The molecule has 1 atom stereocenters. The minimum atomic E-state index is -0.588. The highest BCUT2D eigenvalue weighted by atomic mass is 16.5. The molecule has 3 N–H and O–H groups in total. The van der Waals surface area contributed by atoms with Crippen molar-refractivity contribution in [2.24, 2.45) is 5.73 Å². The van der Waals surface area contributed by atoms with Crippen LogP contribution in [0.25, 0.3) is 10.9 Å². The van der Waals surface area contributed by atoms with Crippen molar-refractivity contribution in [3.05, 3.63) is 81.7 Å². The number of nitrogens with zero attached hydrogens (tertiary/aromatic N) is 2. The molecule has 4 rings (SSSR count). The highest BCUT2D eigenvalue weighted by Crippen LogP contribution is 2.42. The third-order valence-electron chi connectivity index (χ3n) is 4.12. The second-order valence-electron chi connectivity index (χ2n) is 5.45. The minimum Gasteiger partial charge on any atom is -0.439 e. The lowest BCUT2D eigenvalue weighted by Crippen LogP contribution is -2.27. The molecular weight excluding hydrogens is 304 g/mol. The van der Waals surface area contributed by atoms with E-state index in [0.717, 1.165) is 10.9 Å². The molecule has 0 radical (unpaired) electrons. The van der Waals surface area contributed by atoms with E-state index in [2.05, 4.69) is 16.0 Å². The number of aromatic nitrogens is 2. The van der Waals surface area contributed by atoms with E-state index in [0.29, 0.717) is 16.8 Å². The summed E-state index contributed by atoms with van der Waals surface area (Å²) < 4.78 is 5.68. The molecule has 0 aliphatic carbocycles. The van der Waals surface area contributed by atoms with Gasteiger partial charge in [-0.1, -0.05) is 12.1 Å². The number of pyridine rings is 2. The summed E-state index contributed by atoms with van der Waals surface area (Å²) in [5.41, 5.74) is 7.69. The Balaban J connectivity index is 2.10. The van der Waals surface area contributed by atoms with Gasteiger partial charge in [-0.3, -0.25) is 9.78 Å². The van der Waals surface area contributed by atoms with E-state index in [4.69, 9.17) is 10.5 Å². The number of para-hydroxylation sites is 1. The third kappa shape index (κ3) is 1.96. The number of ether oxygens (including phenoxy) is 1. The maximum Gasteiger partial charge on any atom is 0.256 e. The lowest BCUT2D eigenvalue weighted by atomic mass is 9.84. The summed E-state index contributed by atoms with van der Waals surface area (Å²) in [6.07, 6.45) is 3.23. The van der Waals surface area contributed by atoms with E-state index in [1.807, 2.05) is 18.2 Å². The smallest absolute Gasteiger partial charge is 0.256 e. The van der Waals surface area contributed by atoms with Gasteiger partial charge in [-0.2, -0.15) is 5.26 Å². The number of hydrogen-bond donors (Lipinski definition) is 2. The van der Waals surface area contributed by atoms with Crippen molar-refractivity contribution < 1.29 is 4.74 Å². The Kier molecular flexibility index (Phi) is 3.07. The van der Waals surface area contributed by atoms with Crippen molar-refractivity contribution in [3.8, 4) is 11.8 Å². The molecule has 0 spiro atoms. The summed E-state index contributed by atoms with van der Waals surface area (Å²) in [7, 11) is 0. The van der Waals surface area contributed by atoms with Crippen molar-refractivity contribution in [2.75, 3.05) is 0 Å². The maximum absolute atomic E-state index is 12.7. The first-order chi connectivity index (χ1) is 11.7. The van der Waals surface area contributed by atoms with Gasteiger partial charge in [0, 0.05) is 17.8 Å². The van der Waals surface area contributed by atoms with Crippen molar-refractivity contribution in [3.63, 3.8) is 0 Å². The average Bonchev–Trinajstić information content (AvgIpc) is 2.61. The third-order valence-corrected chi connectivity index (χ3v) is 4.12. The first-order valence-corrected chi connectivity index (χ1v) is 7.33. The molecule has 0 saturated carbocycles. The van der Waals surface area contributed by atoms with Gasteiger partial charge >= 0.3 is 0 Å². The summed E-state index contributed by atoms with van der Waals surface area (Å²) in [6, 6.07) is 12.9. The van der Waals surface area contributed by atoms with E-state index in [9.17, 15) is 10.1 Å². The molecule has 0 unspecified atom stereocenters. The molecule has 0 saturated heterocycles. The summed E-state index contributed by atoms with van der Waals surface area (Å²) >= 11 is 0. The molecule has 0 bridgehead atoms. The molecule has 0 fully saturated rings. The fraction of sp³-hybridized carbons (Fsp3) is 0.0556. The van der Waals surface area contributed by atoms with Crippen molar-refractivity contribution in [2.45, 2.75) is 5.92 Å². The fourth-order valence-corrected chi connectivity index (χ4v) is 3.06. The van der Waals surface area contributed by atoms with Crippen LogP contribution in [-0.4, -0.2) is 9.97 Å². The second kappa shape index (κ2) is 5.25. The molecule has 2 aromatic heterocycles. The first kappa shape index (κ1) is 14.0.